The second kappa shape index (κ2) is 6.00. The van der Waals surface area contributed by atoms with Crippen LogP contribution in [0.25, 0.3) is 10.9 Å². The number of piperidine rings is 1. The highest BCUT2D eigenvalue weighted by molar-refractivity contribution is 5.92. The molecule has 1 unspecified atom stereocenters. The van der Waals surface area contributed by atoms with Gasteiger partial charge in [-0.15, -0.1) is 0 Å². The van der Waals surface area contributed by atoms with E-state index in [-0.39, 0.29) is 0 Å². The summed E-state index contributed by atoms with van der Waals surface area (Å²) in [5.41, 5.74) is 9.06. The Morgan fingerprint density at radius 2 is 2.19 bits per heavy atom. The molecular formula is C17H24N4. The van der Waals surface area contributed by atoms with Crippen molar-refractivity contribution in [1.29, 1.82) is 0 Å². The van der Waals surface area contributed by atoms with Gasteiger partial charge in [0.05, 0.1) is 11.2 Å². The van der Waals surface area contributed by atoms with E-state index in [0.717, 1.165) is 17.8 Å². The largest absolute Gasteiger partial charge is 0.370 e. The molecule has 3 rings (SSSR count). The van der Waals surface area contributed by atoms with Crippen molar-refractivity contribution in [3.63, 3.8) is 0 Å². The van der Waals surface area contributed by atoms with Crippen LogP contribution in [-0.2, 0) is 6.54 Å². The molecule has 0 saturated carbocycles. The number of nitrogens with two attached hydrogens (primary N) is 1. The van der Waals surface area contributed by atoms with E-state index < -0.39 is 0 Å². The van der Waals surface area contributed by atoms with Gasteiger partial charge < -0.3 is 15.5 Å². The van der Waals surface area contributed by atoms with Gasteiger partial charge in [-0.05, 0) is 38.6 Å². The number of likely N-dealkylation sites (tertiary alicyclic amines) is 1. The zero-order valence-corrected chi connectivity index (χ0v) is 12.9. The standard InChI is InChI=1S/C17H24N4/c1-20-9-5-6-14(12-20)21(2)17-10-13(11-18)19-16-8-4-3-7-15(16)17/h3-4,7-8,10,14H,5-6,9,11-12,18H2,1-2H3. The Bertz CT molecular complexity index is 625. The molecule has 1 aromatic carbocycles. The summed E-state index contributed by atoms with van der Waals surface area (Å²) in [6.45, 7) is 2.80. The van der Waals surface area contributed by atoms with Gasteiger partial charge >= 0.3 is 0 Å². The minimum absolute atomic E-state index is 0.482. The Morgan fingerprint density at radius 3 is 2.95 bits per heavy atom. The summed E-state index contributed by atoms with van der Waals surface area (Å²) in [6.07, 6.45) is 2.51. The van der Waals surface area contributed by atoms with Crippen LogP contribution in [0.4, 0.5) is 5.69 Å². The summed E-state index contributed by atoms with van der Waals surface area (Å²) in [4.78, 5) is 9.46. The lowest BCUT2D eigenvalue weighted by Crippen LogP contribution is -2.45. The van der Waals surface area contributed by atoms with E-state index in [9.17, 15) is 0 Å². The number of hydrogen-bond donors (Lipinski definition) is 1. The molecule has 1 aliphatic rings. The average molecular weight is 284 g/mol. The molecule has 1 saturated heterocycles. The van der Waals surface area contributed by atoms with Gasteiger partial charge in [0.1, 0.15) is 0 Å². The van der Waals surface area contributed by atoms with Gasteiger partial charge in [0.15, 0.2) is 0 Å². The molecule has 2 N–H and O–H groups in total. The first kappa shape index (κ1) is 14.3. The zero-order chi connectivity index (χ0) is 14.8. The fourth-order valence-corrected chi connectivity index (χ4v) is 3.26. The van der Waals surface area contributed by atoms with Gasteiger partial charge in [-0.25, -0.2) is 0 Å². The molecule has 1 aliphatic heterocycles. The molecule has 0 aliphatic carbocycles. The summed E-state index contributed by atoms with van der Waals surface area (Å²) in [5.74, 6) is 0. The van der Waals surface area contributed by atoms with E-state index in [0.29, 0.717) is 12.6 Å². The van der Waals surface area contributed by atoms with Crippen LogP contribution in [0.15, 0.2) is 30.3 Å². The van der Waals surface area contributed by atoms with Crippen molar-refractivity contribution in [2.24, 2.45) is 5.73 Å². The number of fused-ring (bicyclic) bond motifs is 1. The van der Waals surface area contributed by atoms with Crippen molar-refractivity contribution in [2.45, 2.75) is 25.4 Å². The number of hydrogen-bond acceptors (Lipinski definition) is 4. The third-order valence-corrected chi connectivity index (χ3v) is 4.48. The molecule has 4 nitrogen and oxygen atoms in total. The van der Waals surface area contributed by atoms with Gasteiger partial charge in [0.2, 0.25) is 0 Å². The second-order valence-electron chi connectivity index (χ2n) is 6.02. The van der Waals surface area contributed by atoms with Gasteiger partial charge in [0.25, 0.3) is 0 Å². The van der Waals surface area contributed by atoms with E-state index in [1.165, 1.54) is 30.5 Å². The van der Waals surface area contributed by atoms with E-state index in [2.05, 4.69) is 53.1 Å². The molecule has 112 valence electrons. The van der Waals surface area contributed by atoms with Crippen LogP contribution >= 0.6 is 0 Å². The molecule has 2 heterocycles. The van der Waals surface area contributed by atoms with Crippen LogP contribution in [0.1, 0.15) is 18.5 Å². The van der Waals surface area contributed by atoms with Crippen LogP contribution in [0.5, 0.6) is 0 Å². The molecule has 21 heavy (non-hydrogen) atoms. The van der Waals surface area contributed by atoms with Gasteiger partial charge in [0, 0.05) is 37.3 Å². The number of anilines is 1. The van der Waals surface area contributed by atoms with Crippen LogP contribution < -0.4 is 10.6 Å². The molecule has 0 spiro atoms. The Morgan fingerprint density at radius 1 is 1.38 bits per heavy atom. The van der Waals surface area contributed by atoms with E-state index in [1.54, 1.807) is 0 Å². The first-order valence-corrected chi connectivity index (χ1v) is 7.69. The predicted molar refractivity (Wildman–Crippen MR) is 88.6 cm³/mol. The van der Waals surface area contributed by atoms with Crippen molar-refractivity contribution in [3.8, 4) is 0 Å². The molecule has 2 aromatic rings. The van der Waals surface area contributed by atoms with E-state index in [4.69, 9.17) is 5.73 Å². The SMILES string of the molecule is CN1CCCC(N(C)c2cc(CN)nc3ccccc23)C1. The van der Waals surface area contributed by atoms with Gasteiger partial charge in [-0.2, -0.15) is 0 Å². The lowest BCUT2D eigenvalue weighted by Gasteiger charge is -2.37. The van der Waals surface area contributed by atoms with E-state index >= 15 is 0 Å². The number of benzene rings is 1. The molecule has 0 bridgehead atoms. The summed E-state index contributed by atoms with van der Waals surface area (Å²) in [6, 6.07) is 11.0. The monoisotopic (exact) mass is 284 g/mol. The van der Waals surface area contributed by atoms with Crippen molar-refractivity contribution < 1.29 is 0 Å². The third kappa shape index (κ3) is 2.87. The topological polar surface area (TPSA) is 45.4 Å². The first-order valence-electron chi connectivity index (χ1n) is 7.69. The maximum atomic E-state index is 5.82. The molecular weight excluding hydrogens is 260 g/mol. The Hall–Kier alpha value is -1.65. The normalized spacial score (nSPS) is 19.9. The molecule has 1 aromatic heterocycles. The fraction of sp³-hybridized carbons (Fsp3) is 0.471. The maximum Gasteiger partial charge on any atom is 0.0726 e. The number of para-hydroxylation sites is 1. The van der Waals surface area contributed by atoms with E-state index in [1.807, 2.05) is 6.07 Å². The molecule has 1 atom stereocenters. The second-order valence-corrected chi connectivity index (χ2v) is 6.02. The third-order valence-electron chi connectivity index (χ3n) is 4.48. The van der Waals surface area contributed by atoms with Crippen LogP contribution in [0, 0.1) is 0 Å². The predicted octanol–water partition coefficient (Wildman–Crippen LogP) is 2.22. The Labute approximate surface area is 126 Å². The van der Waals surface area contributed by atoms with Crippen molar-refractivity contribution >= 4 is 16.6 Å². The summed E-state index contributed by atoms with van der Waals surface area (Å²) in [5, 5.41) is 1.21. The van der Waals surface area contributed by atoms with Gasteiger partial charge in [-0.3, -0.25) is 4.98 Å². The number of pyridine rings is 1. The van der Waals surface area contributed by atoms with Crippen molar-refractivity contribution in [3.05, 3.63) is 36.0 Å². The maximum absolute atomic E-state index is 5.82. The number of nitrogens with zero attached hydrogens (tertiary/aromatic N) is 3. The molecule has 1 fully saturated rings. The Balaban J connectivity index is 2.01. The lowest BCUT2D eigenvalue weighted by molar-refractivity contribution is 0.248. The minimum atomic E-state index is 0.482. The number of rotatable bonds is 3. The van der Waals surface area contributed by atoms with Gasteiger partial charge in [-0.1, -0.05) is 18.2 Å². The fourth-order valence-electron chi connectivity index (χ4n) is 3.26. The summed E-state index contributed by atoms with van der Waals surface area (Å²) >= 11 is 0. The zero-order valence-electron chi connectivity index (χ0n) is 12.9. The molecule has 4 heteroatoms. The first-order chi connectivity index (χ1) is 10.2. The average Bonchev–Trinajstić information content (AvgIpc) is 2.53. The summed E-state index contributed by atoms with van der Waals surface area (Å²) in [7, 11) is 4.40. The van der Waals surface area contributed by atoms with Crippen LogP contribution in [0.2, 0.25) is 0 Å². The summed E-state index contributed by atoms with van der Waals surface area (Å²) < 4.78 is 0. The number of aromatic nitrogens is 1. The quantitative estimate of drug-likeness (QED) is 0.939. The van der Waals surface area contributed by atoms with Crippen molar-refractivity contribution in [1.82, 2.24) is 9.88 Å². The highest BCUT2D eigenvalue weighted by atomic mass is 15.2. The number of likely N-dealkylation sites (N-methyl/N-ethyl adjacent to an activating group) is 2. The minimum Gasteiger partial charge on any atom is -0.370 e. The Kier molecular flexibility index (Phi) is 4.08. The lowest BCUT2D eigenvalue weighted by atomic mass is 10.0. The highest BCUT2D eigenvalue weighted by Crippen LogP contribution is 2.29. The van der Waals surface area contributed by atoms with Crippen LogP contribution in [0.3, 0.4) is 0 Å². The molecule has 0 radical (unpaired) electrons. The highest BCUT2D eigenvalue weighted by Gasteiger charge is 2.22. The van der Waals surface area contributed by atoms with Crippen LogP contribution in [-0.4, -0.2) is 43.1 Å². The molecule has 0 amide bonds. The smallest absolute Gasteiger partial charge is 0.0726 e. The van der Waals surface area contributed by atoms with Crippen molar-refractivity contribution in [2.75, 3.05) is 32.1 Å².